The number of hydrogen-bond acceptors (Lipinski definition) is 7. The average molecular weight is 329 g/mol. The first-order valence-electron chi connectivity index (χ1n) is 6.82. The summed E-state index contributed by atoms with van der Waals surface area (Å²) in [6.45, 7) is 7.98. The maximum absolute atomic E-state index is 9.10. The summed E-state index contributed by atoms with van der Waals surface area (Å²) in [7, 11) is 0. The molecule has 9 heteroatoms. The van der Waals surface area contributed by atoms with Crippen LogP contribution in [0.25, 0.3) is 5.57 Å². The van der Waals surface area contributed by atoms with E-state index in [-0.39, 0.29) is 0 Å². The van der Waals surface area contributed by atoms with Crippen molar-refractivity contribution in [2.75, 3.05) is 26.2 Å². The number of rotatable bonds is 4. The van der Waals surface area contributed by atoms with Crippen molar-refractivity contribution in [3.8, 4) is 5.88 Å². The molecule has 0 bridgehead atoms. The molecule has 0 saturated carbocycles. The number of hydrogen-bond donors (Lipinski definition) is 2. The Kier molecular flexibility index (Phi) is 7.47. The minimum Gasteiger partial charge on any atom is -0.476 e. The van der Waals surface area contributed by atoms with Crippen molar-refractivity contribution in [1.82, 2.24) is 13.6 Å². The van der Waals surface area contributed by atoms with Crippen LogP contribution in [0.5, 0.6) is 5.88 Å². The SMILES string of the molecule is CCOc1nsnc1C1=CCCN(CC)C1.O=C(O)C(=O)O. The number of likely N-dealkylation sites (N-methyl/N-ethyl adjacent to an activating group) is 1. The van der Waals surface area contributed by atoms with E-state index in [9.17, 15) is 0 Å². The molecule has 1 aliphatic heterocycles. The predicted octanol–water partition coefficient (Wildman–Crippen LogP) is 1.20. The summed E-state index contributed by atoms with van der Waals surface area (Å²) >= 11 is 1.22. The zero-order chi connectivity index (χ0) is 16.5. The van der Waals surface area contributed by atoms with Gasteiger partial charge in [-0.25, -0.2) is 9.59 Å². The van der Waals surface area contributed by atoms with E-state index in [1.807, 2.05) is 6.92 Å². The first kappa shape index (κ1) is 18.1. The van der Waals surface area contributed by atoms with Crippen LogP contribution in [0.4, 0.5) is 0 Å². The number of aliphatic carboxylic acids is 2. The average Bonchev–Trinajstić information content (AvgIpc) is 2.96. The number of carbonyl (C=O) groups is 2. The van der Waals surface area contributed by atoms with Crippen LogP contribution < -0.4 is 4.74 Å². The van der Waals surface area contributed by atoms with Crippen LogP contribution in [-0.2, 0) is 9.59 Å². The molecule has 0 spiro atoms. The van der Waals surface area contributed by atoms with Crippen molar-refractivity contribution in [3.63, 3.8) is 0 Å². The van der Waals surface area contributed by atoms with E-state index in [4.69, 9.17) is 24.5 Å². The lowest BCUT2D eigenvalue weighted by Gasteiger charge is -2.25. The highest BCUT2D eigenvalue weighted by atomic mass is 32.1. The molecule has 0 amide bonds. The van der Waals surface area contributed by atoms with Gasteiger partial charge in [-0.3, -0.25) is 4.90 Å². The highest BCUT2D eigenvalue weighted by molar-refractivity contribution is 6.99. The second-order valence-electron chi connectivity index (χ2n) is 4.35. The lowest BCUT2D eigenvalue weighted by atomic mass is 10.1. The molecule has 2 rings (SSSR count). The first-order chi connectivity index (χ1) is 10.5. The monoisotopic (exact) mass is 329 g/mol. The maximum Gasteiger partial charge on any atom is 0.414 e. The summed E-state index contributed by atoms with van der Waals surface area (Å²) < 4.78 is 14.0. The van der Waals surface area contributed by atoms with Crippen molar-refractivity contribution in [2.45, 2.75) is 20.3 Å². The minimum atomic E-state index is -1.82. The van der Waals surface area contributed by atoms with Crippen LogP contribution in [0.1, 0.15) is 26.0 Å². The van der Waals surface area contributed by atoms with Gasteiger partial charge in [0.05, 0.1) is 18.3 Å². The molecule has 0 aromatic carbocycles. The predicted molar refractivity (Wildman–Crippen MR) is 81.1 cm³/mol. The first-order valence-corrected chi connectivity index (χ1v) is 7.55. The molecule has 2 heterocycles. The Balaban J connectivity index is 0.000000346. The van der Waals surface area contributed by atoms with E-state index in [1.54, 1.807) is 0 Å². The third-order valence-corrected chi connectivity index (χ3v) is 3.42. The number of aromatic nitrogens is 2. The van der Waals surface area contributed by atoms with Crippen LogP contribution >= 0.6 is 11.7 Å². The highest BCUT2D eigenvalue weighted by Gasteiger charge is 2.18. The molecular weight excluding hydrogens is 310 g/mol. The Morgan fingerprint density at radius 1 is 1.32 bits per heavy atom. The van der Waals surface area contributed by atoms with E-state index >= 15 is 0 Å². The van der Waals surface area contributed by atoms with Gasteiger partial charge in [0.25, 0.3) is 5.88 Å². The molecule has 0 aliphatic carbocycles. The molecule has 0 radical (unpaired) electrons. The van der Waals surface area contributed by atoms with Crippen LogP contribution in [0.2, 0.25) is 0 Å². The fourth-order valence-electron chi connectivity index (χ4n) is 1.86. The third kappa shape index (κ3) is 5.41. The van der Waals surface area contributed by atoms with Gasteiger partial charge >= 0.3 is 11.9 Å². The molecule has 8 nitrogen and oxygen atoms in total. The van der Waals surface area contributed by atoms with Crippen LogP contribution in [0.3, 0.4) is 0 Å². The van der Waals surface area contributed by atoms with E-state index in [1.165, 1.54) is 17.3 Å². The fraction of sp³-hybridized carbons (Fsp3) is 0.538. The molecular formula is C13H19N3O5S. The van der Waals surface area contributed by atoms with Crippen LogP contribution in [0.15, 0.2) is 6.08 Å². The molecule has 0 fully saturated rings. The second kappa shape index (κ2) is 9.11. The normalized spacial score (nSPS) is 14.5. The summed E-state index contributed by atoms with van der Waals surface area (Å²) in [5.74, 6) is -2.96. The molecule has 22 heavy (non-hydrogen) atoms. The van der Waals surface area contributed by atoms with Crippen molar-refractivity contribution in [1.29, 1.82) is 0 Å². The maximum atomic E-state index is 9.10. The molecule has 0 unspecified atom stereocenters. The molecule has 1 aromatic heterocycles. The Labute approximate surface area is 132 Å². The van der Waals surface area contributed by atoms with E-state index in [0.29, 0.717) is 12.5 Å². The largest absolute Gasteiger partial charge is 0.476 e. The third-order valence-electron chi connectivity index (χ3n) is 2.90. The summed E-state index contributed by atoms with van der Waals surface area (Å²) in [5.41, 5.74) is 2.19. The Morgan fingerprint density at radius 3 is 2.55 bits per heavy atom. The van der Waals surface area contributed by atoms with Gasteiger partial charge < -0.3 is 14.9 Å². The zero-order valence-electron chi connectivity index (χ0n) is 12.5. The highest BCUT2D eigenvalue weighted by Crippen LogP contribution is 2.27. The van der Waals surface area contributed by atoms with Gasteiger partial charge in [0.1, 0.15) is 5.69 Å². The van der Waals surface area contributed by atoms with Gasteiger partial charge in [-0.05, 0) is 25.5 Å². The second-order valence-corrected chi connectivity index (χ2v) is 4.88. The van der Waals surface area contributed by atoms with Gasteiger partial charge in [0, 0.05) is 13.1 Å². The summed E-state index contributed by atoms with van der Waals surface area (Å²) in [6, 6.07) is 0. The van der Waals surface area contributed by atoms with Gasteiger partial charge in [-0.15, -0.1) is 4.37 Å². The van der Waals surface area contributed by atoms with Crippen molar-refractivity contribution in [3.05, 3.63) is 11.8 Å². The zero-order valence-corrected chi connectivity index (χ0v) is 13.3. The lowest BCUT2D eigenvalue weighted by molar-refractivity contribution is -0.159. The molecule has 1 aliphatic rings. The number of carboxylic acids is 2. The van der Waals surface area contributed by atoms with Gasteiger partial charge in [0.15, 0.2) is 0 Å². The summed E-state index contributed by atoms with van der Waals surface area (Å²) in [4.78, 5) is 20.6. The minimum absolute atomic E-state index is 0.642. The molecule has 2 N–H and O–H groups in total. The van der Waals surface area contributed by atoms with Gasteiger partial charge in [-0.2, -0.15) is 4.37 Å². The van der Waals surface area contributed by atoms with Crippen LogP contribution in [0, 0.1) is 0 Å². The fourth-order valence-corrected chi connectivity index (χ4v) is 2.39. The quantitative estimate of drug-likeness (QED) is 0.792. The van der Waals surface area contributed by atoms with Crippen LogP contribution in [-0.4, -0.2) is 62.0 Å². The molecule has 0 atom stereocenters. The topological polar surface area (TPSA) is 113 Å². The Hall–Kier alpha value is -2.00. The Bertz CT molecular complexity index is 532. The Morgan fingerprint density at radius 2 is 2.00 bits per heavy atom. The van der Waals surface area contributed by atoms with Crippen molar-refractivity contribution >= 4 is 29.2 Å². The number of ether oxygens (including phenoxy) is 1. The lowest BCUT2D eigenvalue weighted by Crippen LogP contribution is -2.29. The van der Waals surface area contributed by atoms with Crippen molar-refractivity contribution < 1.29 is 24.5 Å². The van der Waals surface area contributed by atoms with Gasteiger partial charge in [0.2, 0.25) is 0 Å². The van der Waals surface area contributed by atoms with E-state index in [2.05, 4.69) is 26.6 Å². The number of carboxylic acid groups (broad SMARTS) is 2. The summed E-state index contributed by atoms with van der Waals surface area (Å²) in [5, 5.41) is 14.8. The molecule has 0 saturated heterocycles. The van der Waals surface area contributed by atoms with E-state index in [0.717, 1.165) is 31.7 Å². The molecule has 1 aromatic rings. The van der Waals surface area contributed by atoms with Crippen molar-refractivity contribution in [2.24, 2.45) is 0 Å². The number of nitrogens with zero attached hydrogens (tertiary/aromatic N) is 3. The summed E-state index contributed by atoms with van der Waals surface area (Å²) in [6.07, 6.45) is 3.34. The smallest absolute Gasteiger partial charge is 0.414 e. The van der Waals surface area contributed by atoms with Gasteiger partial charge in [-0.1, -0.05) is 13.0 Å². The van der Waals surface area contributed by atoms with E-state index < -0.39 is 11.9 Å². The standard InChI is InChI=1S/C11H17N3OS.C2H2O4/c1-3-14-7-5-6-9(8-14)10-11(15-4-2)13-16-12-10;3-1(4)2(5)6/h6H,3-5,7-8H2,1-2H3;(H,3,4)(H,5,6). The molecule has 122 valence electrons.